The first-order chi connectivity index (χ1) is 13.0. The molecule has 0 aliphatic heterocycles. The Balaban J connectivity index is 1.75. The number of benzene rings is 3. The minimum Gasteiger partial charge on any atom is -0.484 e. The third-order valence-corrected chi connectivity index (χ3v) is 4.22. The fourth-order valence-electron chi connectivity index (χ4n) is 2.67. The van der Waals surface area contributed by atoms with Crippen molar-refractivity contribution in [3.8, 4) is 5.75 Å². The highest BCUT2D eigenvalue weighted by atomic mass is 16.5. The van der Waals surface area contributed by atoms with Crippen molar-refractivity contribution in [3.05, 3.63) is 83.9 Å². The van der Waals surface area contributed by atoms with Crippen LogP contribution in [0, 0.1) is 0 Å². The average Bonchev–Trinajstić information content (AvgIpc) is 2.70. The van der Waals surface area contributed by atoms with E-state index < -0.39 is 0 Å². The van der Waals surface area contributed by atoms with Crippen molar-refractivity contribution in [2.75, 3.05) is 20.7 Å². The summed E-state index contributed by atoms with van der Waals surface area (Å²) < 4.78 is 5.47. The number of ketones is 1. The zero-order valence-corrected chi connectivity index (χ0v) is 15.4. The third kappa shape index (κ3) is 4.61. The maximum Gasteiger partial charge on any atom is 0.259 e. The lowest BCUT2D eigenvalue weighted by molar-refractivity contribution is -0.130. The van der Waals surface area contributed by atoms with Crippen molar-refractivity contribution in [3.63, 3.8) is 0 Å². The van der Waals surface area contributed by atoms with E-state index in [1.165, 1.54) is 4.90 Å². The number of carbonyl (C=O) groups is 2. The summed E-state index contributed by atoms with van der Waals surface area (Å²) in [7, 11) is 3.34. The first-order valence-corrected chi connectivity index (χ1v) is 8.68. The number of allylic oxidation sites excluding steroid dienone is 1. The predicted molar refractivity (Wildman–Crippen MR) is 108 cm³/mol. The molecule has 4 heteroatoms. The van der Waals surface area contributed by atoms with Gasteiger partial charge in [-0.15, -0.1) is 0 Å². The van der Waals surface area contributed by atoms with Crippen molar-refractivity contribution >= 4 is 28.5 Å². The molecule has 0 aliphatic carbocycles. The van der Waals surface area contributed by atoms with Gasteiger partial charge >= 0.3 is 0 Å². The van der Waals surface area contributed by atoms with Crippen molar-refractivity contribution < 1.29 is 14.3 Å². The Bertz CT molecular complexity index is 1000. The maximum absolute atomic E-state index is 12.5. The van der Waals surface area contributed by atoms with Crippen molar-refractivity contribution in [1.82, 2.24) is 4.90 Å². The number of carbonyl (C=O) groups excluding carboxylic acids is 2. The van der Waals surface area contributed by atoms with Crippen LogP contribution >= 0.6 is 0 Å². The lowest BCUT2D eigenvalue weighted by Gasteiger charge is -2.11. The van der Waals surface area contributed by atoms with Gasteiger partial charge in [0.2, 0.25) is 0 Å². The molecule has 0 fully saturated rings. The summed E-state index contributed by atoms with van der Waals surface area (Å²) in [6.07, 6.45) is 3.39. The van der Waals surface area contributed by atoms with Gasteiger partial charge in [0.25, 0.3) is 5.91 Å². The summed E-state index contributed by atoms with van der Waals surface area (Å²) in [5.74, 6) is 0.240. The molecule has 0 N–H and O–H groups in total. The molecule has 0 radical (unpaired) electrons. The number of hydrogen-bond donors (Lipinski definition) is 0. The molecule has 4 nitrogen and oxygen atoms in total. The van der Waals surface area contributed by atoms with E-state index in [0.717, 1.165) is 16.3 Å². The van der Waals surface area contributed by atoms with Crippen LogP contribution in [-0.4, -0.2) is 37.3 Å². The molecule has 3 rings (SSSR count). The fraction of sp³-hybridized carbons (Fsp3) is 0.130. The van der Waals surface area contributed by atoms with Crippen LogP contribution in [-0.2, 0) is 4.79 Å². The van der Waals surface area contributed by atoms with Crippen molar-refractivity contribution in [2.45, 2.75) is 0 Å². The van der Waals surface area contributed by atoms with Gasteiger partial charge in [-0.2, -0.15) is 0 Å². The van der Waals surface area contributed by atoms with E-state index in [0.29, 0.717) is 11.3 Å². The SMILES string of the molecule is CN(C)C(=O)COc1cccc(C(=O)C=Cc2cccc3ccccc23)c1. The van der Waals surface area contributed by atoms with Crippen LogP contribution in [0.2, 0.25) is 0 Å². The molecule has 0 atom stereocenters. The molecular formula is C23H21NO3. The summed E-state index contributed by atoms with van der Waals surface area (Å²) in [5, 5.41) is 2.23. The van der Waals surface area contributed by atoms with Gasteiger partial charge in [-0.05, 0) is 34.5 Å². The van der Waals surface area contributed by atoms with Gasteiger partial charge in [-0.1, -0.05) is 60.7 Å². The van der Waals surface area contributed by atoms with Gasteiger partial charge in [-0.25, -0.2) is 0 Å². The van der Waals surface area contributed by atoms with Gasteiger partial charge in [0, 0.05) is 19.7 Å². The molecule has 0 aromatic heterocycles. The number of rotatable bonds is 6. The zero-order valence-electron chi connectivity index (χ0n) is 15.4. The van der Waals surface area contributed by atoms with E-state index in [1.54, 1.807) is 44.4 Å². The molecule has 0 bridgehead atoms. The number of amides is 1. The second-order valence-corrected chi connectivity index (χ2v) is 6.37. The van der Waals surface area contributed by atoms with Crippen LogP contribution in [0.4, 0.5) is 0 Å². The first kappa shape index (κ1) is 18.4. The van der Waals surface area contributed by atoms with Gasteiger partial charge in [0.05, 0.1) is 0 Å². The first-order valence-electron chi connectivity index (χ1n) is 8.68. The second-order valence-electron chi connectivity index (χ2n) is 6.37. The van der Waals surface area contributed by atoms with E-state index in [-0.39, 0.29) is 18.3 Å². The molecular weight excluding hydrogens is 338 g/mol. The minimum absolute atomic E-state index is 0.0590. The minimum atomic E-state index is -0.136. The Kier molecular flexibility index (Phi) is 5.67. The number of fused-ring (bicyclic) bond motifs is 1. The monoisotopic (exact) mass is 359 g/mol. The summed E-state index contributed by atoms with van der Waals surface area (Å²) in [6, 6.07) is 20.9. The van der Waals surface area contributed by atoms with Crippen LogP contribution in [0.15, 0.2) is 72.8 Å². The number of nitrogens with zero attached hydrogens (tertiary/aromatic N) is 1. The van der Waals surface area contributed by atoms with E-state index in [9.17, 15) is 9.59 Å². The molecule has 0 spiro atoms. The van der Waals surface area contributed by atoms with Gasteiger partial charge in [-0.3, -0.25) is 9.59 Å². The van der Waals surface area contributed by atoms with Crippen LogP contribution < -0.4 is 4.74 Å². The standard InChI is InChI=1S/C23H21NO3/c1-24(2)23(26)16-27-20-11-6-10-19(15-20)22(25)14-13-18-9-5-8-17-7-3-4-12-21(17)18/h3-15H,16H2,1-2H3. The summed E-state index contributed by atoms with van der Waals surface area (Å²) in [6.45, 7) is -0.0590. The van der Waals surface area contributed by atoms with Crippen LogP contribution in [0.5, 0.6) is 5.75 Å². The van der Waals surface area contributed by atoms with E-state index in [1.807, 2.05) is 48.5 Å². The second kappa shape index (κ2) is 8.32. The molecule has 0 saturated carbocycles. The molecule has 0 heterocycles. The predicted octanol–water partition coefficient (Wildman–Crippen LogP) is 4.20. The molecule has 27 heavy (non-hydrogen) atoms. The van der Waals surface area contributed by atoms with E-state index >= 15 is 0 Å². The highest BCUT2D eigenvalue weighted by Crippen LogP contribution is 2.20. The number of likely N-dealkylation sites (N-methyl/N-ethyl adjacent to an activating group) is 1. The highest BCUT2D eigenvalue weighted by molar-refractivity contribution is 6.08. The summed E-state index contributed by atoms with van der Waals surface area (Å²) in [5.41, 5.74) is 1.51. The van der Waals surface area contributed by atoms with Crippen molar-refractivity contribution in [2.24, 2.45) is 0 Å². The quantitative estimate of drug-likeness (QED) is 0.489. The maximum atomic E-state index is 12.5. The topological polar surface area (TPSA) is 46.6 Å². The number of hydrogen-bond acceptors (Lipinski definition) is 3. The number of ether oxygens (including phenoxy) is 1. The Morgan fingerprint density at radius 2 is 1.70 bits per heavy atom. The Hall–Kier alpha value is -3.40. The van der Waals surface area contributed by atoms with Gasteiger partial charge in [0.1, 0.15) is 5.75 Å². The Morgan fingerprint density at radius 1 is 0.963 bits per heavy atom. The molecule has 0 unspecified atom stereocenters. The zero-order chi connectivity index (χ0) is 19.2. The van der Waals surface area contributed by atoms with E-state index in [4.69, 9.17) is 4.74 Å². The van der Waals surface area contributed by atoms with Gasteiger partial charge < -0.3 is 9.64 Å². The summed E-state index contributed by atoms with van der Waals surface area (Å²) >= 11 is 0. The smallest absolute Gasteiger partial charge is 0.259 e. The van der Waals surface area contributed by atoms with Crippen LogP contribution in [0.25, 0.3) is 16.8 Å². The molecule has 3 aromatic rings. The lowest BCUT2D eigenvalue weighted by Crippen LogP contribution is -2.27. The molecule has 0 saturated heterocycles. The van der Waals surface area contributed by atoms with Crippen molar-refractivity contribution in [1.29, 1.82) is 0 Å². The molecule has 0 aliphatic rings. The van der Waals surface area contributed by atoms with Crippen LogP contribution in [0.3, 0.4) is 0 Å². The summed E-state index contributed by atoms with van der Waals surface area (Å²) in [4.78, 5) is 25.6. The molecule has 1 amide bonds. The highest BCUT2D eigenvalue weighted by Gasteiger charge is 2.07. The average molecular weight is 359 g/mol. The normalized spacial score (nSPS) is 10.9. The Labute approximate surface area is 158 Å². The lowest BCUT2D eigenvalue weighted by atomic mass is 10.0. The third-order valence-electron chi connectivity index (χ3n) is 4.22. The van der Waals surface area contributed by atoms with E-state index in [2.05, 4.69) is 0 Å². The fourth-order valence-corrected chi connectivity index (χ4v) is 2.67. The largest absolute Gasteiger partial charge is 0.484 e. The Morgan fingerprint density at radius 3 is 2.52 bits per heavy atom. The van der Waals surface area contributed by atoms with Crippen LogP contribution in [0.1, 0.15) is 15.9 Å². The molecule has 136 valence electrons. The van der Waals surface area contributed by atoms with Gasteiger partial charge in [0.15, 0.2) is 12.4 Å². The molecule has 3 aromatic carbocycles.